The van der Waals surface area contributed by atoms with Gasteiger partial charge in [-0.05, 0) is 69.4 Å². The molecule has 2 aromatic heterocycles. The number of aromatic nitrogens is 3. The first-order valence-electron chi connectivity index (χ1n) is 11.5. The molecule has 0 spiro atoms. The lowest BCUT2D eigenvalue weighted by Crippen LogP contribution is -2.29. The largest absolute Gasteiger partial charge is 0.508 e. The Bertz CT molecular complexity index is 1090. The summed E-state index contributed by atoms with van der Waals surface area (Å²) in [7, 11) is 0. The van der Waals surface area contributed by atoms with Crippen LogP contribution in [0.4, 0.5) is 11.5 Å². The number of likely N-dealkylation sites (tertiary alicyclic amines) is 1. The maximum Gasteiger partial charge on any atom is 0.253 e. The highest BCUT2D eigenvalue weighted by Gasteiger charge is 2.20. The number of rotatable bonds is 9. The molecule has 32 heavy (non-hydrogen) atoms. The molecule has 3 heterocycles. The predicted octanol–water partition coefficient (Wildman–Crippen LogP) is 3.66. The van der Waals surface area contributed by atoms with Crippen LogP contribution in [0.1, 0.15) is 54.1 Å². The molecule has 1 aromatic carbocycles. The number of fused-ring (bicyclic) bond motifs is 1. The highest BCUT2D eigenvalue weighted by atomic mass is 16.3. The topological polar surface area (TPSA) is 94.8 Å². The van der Waals surface area contributed by atoms with E-state index in [0.717, 1.165) is 48.1 Å². The molecule has 1 saturated heterocycles. The Kier molecular flexibility index (Phi) is 6.90. The molecule has 4 rings (SSSR count). The third kappa shape index (κ3) is 4.85. The fourth-order valence-electron chi connectivity index (χ4n) is 4.29. The van der Waals surface area contributed by atoms with Crippen molar-refractivity contribution in [2.75, 3.05) is 31.5 Å². The second-order valence-corrected chi connectivity index (χ2v) is 8.46. The van der Waals surface area contributed by atoms with Crippen LogP contribution in [-0.2, 0) is 6.42 Å². The van der Waals surface area contributed by atoms with Crippen LogP contribution in [0.5, 0.6) is 5.75 Å². The van der Waals surface area contributed by atoms with Gasteiger partial charge in [0.2, 0.25) is 0 Å². The van der Waals surface area contributed by atoms with Crippen molar-refractivity contribution < 1.29 is 9.90 Å². The van der Waals surface area contributed by atoms with Crippen LogP contribution in [0.2, 0.25) is 0 Å². The smallest absolute Gasteiger partial charge is 0.253 e. The zero-order valence-electron chi connectivity index (χ0n) is 18.9. The molecule has 0 saturated carbocycles. The van der Waals surface area contributed by atoms with E-state index in [1.54, 1.807) is 16.8 Å². The van der Waals surface area contributed by atoms with Gasteiger partial charge in [0.25, 0.3) is 5.91 Å². The maximum absolute atomic E-state index is 13.0. The molecule has 1 fully saturated rings. The van der Waals surface area contributed by atoms with Crippen LogP contribution >= 0.6 is 0 Å². The minimum Gasteiger partial charge on any atom is -0.508 e. The van der Waals surface area contributed by atoms with E-state index in [4.69, 9.17) is 0 Å². The van der Waals surface area contributed by atoms with Crippen LogP contribution in [-0.4, -0.2) is 56.7 Å². The van der Waals surface area contributed by atoms with Crippen LogP contribution in [0.25, 0.3) is 5.52 Å². The SMILES string of the molecule is CCCc1c(C(=O)NCCCN2CCCC2)cn2ncnc(Nc3ccc(C)c(O)c3)c12. The van der Waals surface area contributed by atoms with Crippen LogP contribution in [0.15, 0.2) is 30.7 Å². The lowest BCUT2D eigenvalue weighted by atomic mass is 10.1. The summed E-state index contributed by atoms with van der Waals surface area (Å²) in [6, 6.07) is 5.41. The predicted molar refractivity (Wildman–Crippen MR) is 126 cm³/mol. The zero-order valence-corrected chi connectivity index (χ0v) is 18.9. The van der Waals surface area contributed by atoms with Crippen molar-refractivity contribution in [2.45, 2.75) is 46.0 Å². The number of aryl methyl sites for hydroxylation is 2. The Morgan fingerprint density at radius 1 is 1.25 bits per heavy atom. The van der Waals surface area contributed by atoms with Crippen molar-refractivity contribution in [3.63, 3.8) is 0 Å². The van der Waals surface area contributed by atoms with E-state index in [1.165, 1.54) is 32.3 Å². The Morgan fingerprint density at radius 3 is 2.81 bits per heavy atom. The minimum atomic E-state index is -0.0701. The summed E-state index contributed by atoms with van der Waals surface area (Å²) in [5.41, 5.74) is 3.90. The number of nitrogens with one attached hydrogen (secondary N) is 2. The zero-order chi connectivity index (χ0) is 22.5. The third-order valence-corrected chi connectivity index (χ3v) is 6.03. The van der Waals surface area contributed by atoms with Gasteiger partial charge >= 0.3 is 0 Å². The van der Waals surface area contributed by atoms with Crippen molar-refractivity contribution in [1.82, 2.24) is 24.8 Å². The van der Waals surface area contributed by atoms with Crippen LogP contribution in [0.3, 0.4) is 0 Å². The van der Waals surface area contributed by atoms with Crippen LogP contribution in [0, 0.1) is 6.92 Å². The van der Waals surface area contributed by atoms with E-state index in [0.29, 0.717) is 17.9 Å². The van der Waals surface area contributed by atoms with Crippen LogP contribution < -0.4 is 10.6 Å². The average molecular weight is 437 g/mol. The lowest BCUT2D eigenvalue weighted by molar-refractivity contribution is 0.0951. The molecule has 1 aliphatic heterocycles. The number of phenols is 1. The van der Waals surface area contributed by atoms with Gasteiger partial charge in [0.15, 0.2) is 5.82 Å². The number of carbonyl (C=O) groups is 1. The van der Waals surface area contributed by atoms with E-state index >= 15 is 0 Å². The standard InChI is InChI=1S/C24H32N6O2/c1-3-7-19-20(24(32)25-10-6-13-29-11-4-5-12-29)15-30-22(19)23(26-16-27-30)28-18-9-8-17(2)21(31)14-18/h8-9,14-16,31H,3-7,10-13H2,1-2H3,(H,25,32)(H,26,27,28). The number of benzene rings is 1. The number of aromatic hydroxyl groups is 1. The molecule has 0 aliphatic carbocycles. The summed E-state index contributed by atoms with van der Waals surface area (Å²) in [5.74, 6) is 0.761. The molecule has 3 N–H and O–H groups in total. The van der Waals surface area contributed by atoms with E-state index in [2.05, 4.69) is 32.5 Å². The number of hydrogen-bond donors (Lipinski definition) is 3. The molecule has 170 valence electrons. The van der Waals surface area contributed by atoms with E-state index in [-0.39, 0.29) is 11.7 Å². The quantitative estimate of drug-likeness (QED) is 0.443. The monoisotopic (exact) mass is 436 g/mol. The molecule has 0 unspecified atom stereocenters. The Hall–Kier alpha value is -3.13. The molecule has 3 aromatic rings. The molecular formula is C24H32N6O2. The number of carbonyl (C=O) groups excluding carboxylic acids is 1. The minimum absolute atomic E-state index is 0.0701. The fourth-order valence-corrected chi connectivity index (χ4v) is 4.29. The van der Waals surface area contributed by atoms with Gasteiger partial charge in [-0.2, -0.15) is 5.10 Å². The second-order valence-electron chi connectivity index (χ2n) is 8.46. The molecule has 8 nitrogen and oxygen atoms in total. The van der Waals surface area contributed by atoms with Gasteiger partial charge in [0.1, 0.15) is 17.6 Å². The maximum atomic E-state index is 13.0. The molecule has 0 radical (unpaired) electrons. The molecule has 0 atom stereocenters. The first kappa shape index (κ1) is 22.1. The third-order valence-electron chi connectivity index (χ3n) is 6.03. The summed E-state index contributed by atoms with van der Waals surface area (Å²) < 4.78 is 1.72. The summed E-state index contributed by atoms with van der Waals surface area (Å²) in [6.07, 6.45) is 8.41. The number of hydrogen-bond acceptors (Lipinski definition) is 6. The van der Waals surface area contributed by atoms with Crippen molar-refractivity contribution in [3.8, 4) is 5.75 Å². The highest BCUT2D eigenvalue weighted by molar-refractivity contribution is 5.99. The summed E-state index contributed by atoms with van der Waals surface area (Å²) in [5, 5.41) is 20.8. The highest BCUT2D eigenvalue weighted by Crippen LogP contribution is 2.29. The molecule has 8 heteroatoms. The summed E-state index contributed by atoms with van der Waals surface area (Å²) >= 11 is 0. The van der Waals surface area contributed by atoms with Gasteiger partial charge in [0, 0.05) is 24.5 Å². The molecule has 0 bridgehead atoms. The van der Waals surface area contributed by atoms with Crippen molar-refractivity contribution >= 4 is 22.9 Å². The Balaban J connectivity index is 1.54. The fraction of sp³-hybridized carbons (Fsp3) is 0.458. The van der Waals surface area contributed by atoms with Gasteiger partial charge in [-0.3, -0.25) is 4.79 Å². The normalized spacial score (nSPS) is 14.2. The first-order chi connectivity index (χ1) is 15.6. The van der Waals surface area contributed by atoms with E-state index < -0.39 is 0 Å². The van der Waals surface area contributed by atoms with Gasteiger partial charge in [-0.25, -0.2) is 9.50 Å². The Labute approximate surface area is 188 Å². The van der Waals surface area contributed by atoms with Gasteiger partial charge in [-0.1, -0.05) is 19.4 Å². The van der Waals surface area contributed by atoms with Gasteiger partial charge in [0.05, 0.1) is 5.56 Å². The van der Waals surface area contributed by atoms with Crippen molar-refractivity contribution in [1.29, 1.82) is 0 Å². The van der Waals surface area contributed by atoms with Gasteiger partial charge < -0.3 is 20.6 Å². The number of nitrogens with zero attached hydrogens (tertiary/aromatic N) is 4. The summed E-state index contributed by atoms with van der Waals surface area (Å²) in [4.78, 5) is 19.9. The van der Waals surface area contributed by atoms with E-state index in [9.17, 15) is 9.90 Å². The number of anilines is 2. The Morgan fingerprint density at radius 2 is 2.06 bits per heavy atom. The lowest BCUT2D eigenvalue weighted by Gasteiger charge is -2.14. The summed E-state index contributed by atoms with van der Waals surface area (Å²) in [6.45, 7) is 7.98. The number of amides is 1. The molecule has 1 aliphatic rings. The molecular weight excluding hydrogens is 404 g/mol. The van der Waals surface area contributed by atoms with Crippen molar-refractivity contribution in [2.24, 2.45) is 0 Å². The van der Waals surface area contributed by atoms with Crippen molar-refractivity contribution in [3.05, 3.63) is 47.4 Å². The van der Waals surface area contributed by atoms with Gasteiger partial charge in [-0.15, -0.1) is 0 Å². The number of phenolic OH excluding ortho intramolecular Hbond substituents is 1. The molecule has 1 amide bonds. The van der Waals surface area contributed by atoms with E-state index in [1.807, 2.05) is 19.1 Å². The first-order valence-corrected chi connectivity index (χ1v) is 11.5. The average Bonchev–Trinajstić information content (AvgIpc) is 3.43. The second kappa shape index (κ2) is 9.99.